The molecule has 2 rings (SSSR count). The normalized spacial score (nSPS) is 10.2. The second kappa shape index (κ2) is 6.60. The number of carbonyl (C=O) groups excluding carboxylic acids is 1. The third-order valence-electron chi connectivity index (χ3n) is 2.66. The number of carboxylic acid groups (broad SMARTS) is 1. The minimum Gasteiger partial charge on any atom is -0.478 e. The van der Waals surface area contributed by atoms with E-state index < -0.39 is 11.9 Å². The lowest BCUT2D eigenvalue weighted by Gasteiger charge is -2.11. The number of nitrogens with one attached hydrogen (secondary N) is 1. The number of aromatic carboxylic acids is 1. The fourth-order valence-corrected chi connectivity index (χ4v) is 2.91. The zero-order valence-corrected chi connectivity index (χ0v) is 14.3. The van der Waals surface area contributed by atoms with Crippen LogP contribution in [0.3, 0.4) is 0 Å². The van der Waals surface area contributed by atoms with E-state index in [2.05, 4.69) is 37.2 Å². The molecular formula is C14H8Br2ClNO3. The van der Waals surface area contributed by atoms with Crippen molar-refractivity contribution in [2.75, 3.05) is 5.32 Å². The first-order valence-electron chi connectivity index (χ1n) is 5.68. The number of rotatable bonds is 3. The van der Waals surface area contributed by atoms with Crippen LogP contribution in [-0.4, -0.2) is 17.0 Å². The number of anilines is 1. The quantitative estimate of drug-likeness (QED) is 0.730. The van der Waals surface area contributed by atoms with Crippen LogP contribution in [0.5, 0.6) is 0 Å². The lowest BCUT2D eigenvalue weighted by atomic mass is 10.1. The highest BCUT2D eigenvalue weighted by Gasteiger charge is 2.17. The van der Waals surface area contributed by atoms with Crippen LogP contribution in [0.2, 0.25) is 5.02 Å². The first-order valence-corrected chi connectivity index (χ1v) is 7.64. The van der Waals surface area contributed by atoms with Gasteiger partial charge in [-0.05, 0) is 46.3 Å². The Morgan fingerprint density at radius 1 is 1.10 bits per heavy atom. The van der Waals surface area contributed by atoms with E-state index in [1.807, 2.05) is 0 Å². The second-order valence-electron chi connectivity index (χ2n) is 4.05. The van der Waals surface area contributed by atoms with Crippen molar-refractivity contribution in [3.05, 3.63) is 61.5 Å². The summed E-state index contributed by atoms with van der Waals surface area (Å²) in [6.45, 7) is 0. The van der Waals surface area contributed by atoms with Crippen molar-refractivity contribution in [2.24, 2.45) is 0 Å². The zero-order valence-electron chi connectivity index (χ0n) is 10.4. The van der Waals surface area contributed by atoms with Crippen molar-refractivity contribution >= 4 is 61.0 Å². The molecule has 0 heterocycles. The van der Waals surface area contributed by atoms with E-state index in [1.165, 1.54) is 6.07 Å². The molecule has 0 spiro atoms. The summed E-state index contributed by atoms with van der Waals surface area (Å²) in [6, 6.07) is 9.46. The SMILES string of the molecule is O=C(Nc1c(Br)cccc1C(=O)O)c1ccc(Br)cc1Cl. The van der Waals surface area contributed by atoms with E-state index in [0.29, 0.717) is 4.47 Å². The smallest absolute Gasteiger partial charge is 0.337 e. The van der Waals surface area contributed by atoms with Crippen molar-refractivity contribution in [3.63, 3.8) is 0 Å². The van der Waals surface area contributed by atoms with Crippen LogP contribution in [0, 0.1) is 0 Å². The second-order valence-corrected chi connectivity index (χ2v) is 6.22. The molecule has 0 saturated carbocycles. The average Bonchev–Trinajstić information content (AvgIpc) is 2.40. The molecule has 1 amide bonds. The Morgan fingerprint density at radius 3 is 2.43 bits per heavy atom. The summed E-state index contributed by atoms with van der Waals surface area (Å²) in [6.07, 6.45) is 0. The minimum absolute atomic E-state index is 0.00837. The molecule has 0 aliphatic rings. The zero-order chi connectivity index (χ0) is 15.6. The number of carboxylic acids is 1. The monoisotopic (exact) mass is 431 g/mol. The molecule has 0 bridgehead atoms. The lowest BCUT2D eigenvalue weighted by Crippen LogP contribution is -2.15. The van der Waals surface area contributed by atoms with Crippen molar-refractivity contribution in [1.82, 2.24) is 0 Å². The van der Waals surface area contributed by atoms with Crippen molar-refractivity contribution in [1.29, 1.82) is 0 Å². The molecule has 108 valence electrons. The van der Waals surface area contributed by atoms with Crippen LogP contribution < -0.4 is 5.32 Å². The van der Waals surface area contributed by atoms with Gasteiger partial charge < -0.3 is 10.4 Å². The Hall–Kier alpha value is -1.37. The number of carbonyl (C=O) groups is 2. The topological polar surface area (TPSA) is 66.4 Å². The van der Waals surface area contributed by atoms with Gasteiger partial charge in [0, 0.05) is 8.95 Å². The predicted molar refractivity (Wildman–Crippen MR) is 88.2 cm³/mol. The summed E-state index contributed by atoms with van der Waals surface area (Å²) in [5, 5.41) is 12.0. The number of para-hydroxylation sites is 1. The van der Waals surface area contributed by atoms with Gasteiger partial charge in [0.1, 0.15) is 0 Å². The summed E-state index contributed by atoms with van der Waals surface area (Å²) in [4.78, 5) is 23.4. The van der Waals surface area contributed by atoms with E-state index in [-0.39, 0.29) is 21.8 Å². The van der Waals surface area contributed by atoms with E-state index >= 15 is 0 Å². The Kier molecular flexibility index (Phi) is 5.03. The Labute approximate surface area is 142 Å². The van der Waals surface area contributed by atoms with Crippen molar-refractivity contribution in [2.45, 2.75) is 0 Å². The van der Waals surface area contributed by atoms with Crippen LogP contribution in [0.4, 0.5) is 5.69 Å². The van der Waals surface area contributed by atoms with Crippen LogP contribution in [0.15, 0.2) is 45.3 Å². The molecule has 0 atom stereocenters. The summed E-state index contributed by atoms with van der Waals surface area (Å²) >= 11 is 12.5. The molecule has 2 N–H and O–H groups in total. The fourth-order valence-electron chi connectivity index (χ4n) is 1.68. The third-order valence-corrected chi connectivity index (χ3v) is 4.13. The molecule has 0 aliphatic heterocycles. The van der Waals surface area contributed by atoms with E-state index in [0.717, 1.165) is 4.47 Å². The summed E-state index contributed by atoms with van der Waals surface area (Å²) in [5.74, 6) is -1.62. The molecule has 0 fully saturated rings. The first kappa shape index (κ1) is 16.0. The molecule has 0 radical (unpaired) electrons. The molecule has 2 aromatic rings. The van der Waals surface area contributed by atoms with Crippen LogP contribution in [0.25, 0.3) is 0 Å². The number of halogens is 3. The number of amides is 1. The lowest BCUT2D eigenvalue weighted by molar-refractivity contribution is 0.0698. The van der Waals surface area contributed by atoms with Gasteiger partial charge in [-0.25, -0.2) is 4.79 Å². The Balaban J connectivity index is 2.38. The molecular weight excluding hydrogens is 425 g/mol. The van der Waals surface area contributed by atoms with Gasteiger partial charge in [0.05, 0.1) is 21.8 Å². The van der Waals surface area contributed by atoms with E-state index in [9.17, 15) is 9.59 Å². The van der Waals surface area contributed by atoms with Crippen molar-refractivity contribution in [3.8, 4) is 0 Å². The minimum atomic E-state index is -1.13. The van der Waals surface area contributed by atoms with E-state index in [1.54, 1.807) is 30.3 Å². The molecule has 0 unspecified atom stereocenters. The fraction of sp³-hybridized carbons (Fsp3) is 0. The largest absolute Gasteiger partial charge is 0.478 e. The number of hydrogen-bond acceptors (Lipinski definition) is 2. The van der Waals surface area contributed by atoms with Gasteiger partial charge in [0.2, 0.25) is 0 Å². The summed E-state index contributed by atoms with van der Waals surface area (Å²) in [5.41, 5.74) is 0.437. The maximum atomic E-state index is 12.2. The molecule has 4 nitrogen and oxygen atoms in total. The van der Waals surface area contributed by atoms with Gasteiger partial charge >= 0.3 is 5.97 Å². The average molecular weight is 433 g/mol. The predicted octanol–water partition coefficient (Wildman–Crippen LogP) is 4.82. The van der Waals surface area contributed by atoms with Gasteiger partial charge in [-0.2, -0.15) is 0 Å². The van der Waals surface area contributed by atoms with Crippen LogP contribution in [0.1, 0.15) is 20.7 Å². The maximum absolute atomic E-state index is 12.2. The van der Waals surface area contributed by atoms with Crippen molar-refractivity contribution < 1.29 is 14.7 Å². The van der Waals surface area contributed by atoms with Gasteiger partial charge in [-0.3, -0.25) is 4.79 Å². The highest BCUT2D eigenvalue weighted by Crippen LogP contribution is 2.28. The standard InChI is InChI=1S/C14H8Br2ClNO3/c15-7-4-5-8(11(17)6-7)13(19)18-12-9(14(20)21)2-1-3-10(12)16/h1-6H,(H,18,19)(H,20,21). The molecule has 7 heteroatoms. The van der Waals surface area contributed by atoms with Gasteiger partial charge in [-0.1, -0.05) is 33.6 Å². The van der Waals surface area contributed by atoms with E-state index in [4.69, 9.17) is 16.7 Å². The Bertz CT molecular complexity index is 734. The van der Waals surface area contributed by atoms with Crippen LogP contribution >= 0.6 is 43.5 Å². The highest BCUT2D eigenvalue weighted by molar-refractivity contribution is 9.10. The maximum Gasteiger partial charge on any atom is 0.337 e. The van der Waals surface area contributed by atoms with Gasteiger partial charge in [-0.15, -0.1) is 0 Å². The molecule has 2 aromatic carbocycles. The third kappa shape index (κ3) is 3.64. The van der Waals surface area contributed by atoms with Gasteiger partial charge in [0.15, 0.2) is 0 Å². The summed E-state index contributed by atoms with van der Waals surface area (Å²) < 4.78 is 1.22. The molecule has 0 aliphatic carbocycles. The first-order chi connectivity index (χ1) is 9.90. The van der Waals surface area contributed by atoms with Gasteiger partial charge in [0.25, 0.3) is 5.91 Å². The summed E-state index contributed by atoms with van der Waals surface area (Å²) in [7, 11) is 0. The number of hydrogen-bond donors (Lipinski definition) is 2. The van der Waals surface area contributed by atoms with Crippen LogP contribution in [-0.2, 0) is 0 Å². The Morgan fingerprint density at radius 2 is 1.81 bits per heavy atom. The molecule has 0 aromatic heterocycles. The molecule has 0 saturated heterocycles. The highest BCUT2D eigenvalue weighted by atomic mass is 79.9. The molecule has 21 heavy (non-hydrogen) atoms. The number of benzene rings is 2.